The summed E-state index contributed by atoms with van der Waals surface area (Å²) in [6.45, 7) is 4.42. The SMILES string of the molecule is Cl.Cl.O=C(NCC1CCN(CC(O)c2ccccc2)CC1)[C@@H]1CCCN1. The Bertz CT molecular complexity index is 519. The molecule has 2 fully saturated rings. The Morgan fingerprint density at radius 2 is 1.88 bits per heavy atom. The number of hydrogen-bond donors (Lipinski definition) is 3. The Balaban J connectivity index is 0.00000169. The number of hydrogen-bond acceptors (Lipinski definition) is 4. The summed E-state index contributed by atoms with van der Waals surface area (Å²) in [7, 11) is 0. The highest BCUT2D eigenvalue weighted by Gasteiger charge is 2.25. The molecule has 2 atom stereocenters. The van der Waals surface area contributed by atoms with Gasteiger partial charge in [-0.2, -0.15) is 0 Å². The average molecular weight is 404 g/mol. The molecule has 0 aliphatic carbocycles. The summed E-state index contributed by atoms with van der Waals surface area (Å²) in [6.07, 6.45) is 3.80. The van der Waals surface area contributed by atoms with Gasteiger partial charge in [0.1, 0.15) is 0 Å². The number of amides is 1. The molecule has 2 aliphatic rings. The van der Waals surface area contributed by atoms with Gasteiger partial charge in [-0.1, -0.05) is 30.3 Å². The summed E-state index contributed by atoms with van der Waals surface area (Å²) in [4.78, 5) is 14.4. The third-order valence-electron chi connectivity index (χ3n) is 5.26. The van der Waals surface area contributed by atoms with E-state index in [1.54, 1.807) is 0 Å². The van der Waals surface area contributed by atoms with Crippen LogP contribution in [0, 0.1) is 5.92 Å². The second-order valence-corrected chi connectivity index (χ2v) is 7.06. The van der Waals surface area contributed by atoms with Gasteiger partial charge in [0.15, 0.2) is 0 Å². The summed E-state index contributed by atoms with van der Waals surface area (Å²) in [5.74, 6) is 0.718. The van der Waals surface area contributed by atoms with Gasteiger partial charge < -0.3 is 20.6 Å². The number of β-amino-alcohol motifs (C(OH)–C–C–N with tert-alkyl or cyclic N) is 1. The monoisotopic (exact) mass is 403 g/mol. The minimum atomic E-state index is -0.420. The maximum absolute atomic E-state index is 12.0. The molecule has 3 rings (SSSR count). The molecule has 2 aliphatic heterocycles. The number of nitrogens with one attached hydrogen (secondary N) is 2. The largest absolute Gasteiger partial charge is 0.387 e. The van der Waals surface area contributed by atoms with Crippen molar-refractivity contribution in [3.8, 4) is 0 Å². The van der Waals surface area contributed by atoms with Crippen LogP contribution in [0.1, 0.15) is 37.4 Å². The molecule has 2 saturated heterocycles. The Labute approximate surface area is 168 Å². The quantitative estimate of drug-likeness (QED) is 0.680. The molecule has 0 bridgehead atoms. The normalized spacial score (nSPS) is 22.1. The van der Waals surface area contributed by atoms with E-state index in [0.29, 0.717) is 12.5 Å². The number of likely N-dealkylation sites (tertiary alicyclic amines) is 1. The Morgan fingerprint density at radius 3 is 2.50 bits per heavy atom. The van der Waals surface area contributed by atoms with E-state index in [-0.39, 0.29) is 36.8 Å². The van der Waals surface area contributed by atoms with Crippen molar-refractivity contribution in [3.05, 3.63) is 35.9 Å². The second-order valence-electron chi connectivity index (χ2n) is 7.06. The highest BCUT2D eigenvalue weighted by Crippen LogP contribution is 2.20. The molecule has 148 valence electrons. The van der Waals surface area contributed by atoms with Crippen LogP contribution < -0.4 is 10.6 Å². The van der Waals surface area contributed by atoms with Crippen LogP contribution in [0.15, 0.2) is 30.3 Å². The van der Waals surface area contributed by atoms with E-state index >= 15 is 0 Å². The average Bonchev–Trinajstić information content (AvgIpc) is 3.16. The number of aliphatic hydroxyl groups is 1. The van der Waals surface area contributed by atoms with Gasteiger partial charge in [-0.15, -0.1) is 24.8 Å². The Kier molecular flexibility index (Phi) is 10.5. The first-order valence-corrected chi connectivity index (χ1v) is 9.19. The van der Waals surface area contributed by atoms with Gasteiger partial charge in [0.25, 0.3) is 0 Å². The van der Waals surface area contributed by atoms with E-state index in [0.717, 1.165) is 57.4 Å². The molecular formula is C19H31Cl2N3O2. The third kappa shape index (κ3) is 6.71. The highest BCUT2D eigenvalue weighted by atomic mass is 35.5. The molecule has 2 heterocycles. The first kappa shape index (κ1) is 23.2. The molecule has 1 aromatic carbocycles. The number of halogens is 2. The lowest BCUT2D eigenvalue weighted by Gasteiger charge is -2.33. The fraction of sp³-hybridized carbons (Fsp3) is 0.632. The summed E-state index contributed by atoms with van der Waals surface area (Å²) >= 11 is 0. The van der Waals surface area contributed by atoms with Crippen LogP contribution in [0.5, 0.6) is 0 Å². The maximum atomic E-state index is 12.0. The topological polar surface area (TPSA) is 64.6 Å². The molecule has 1 amide bonds. The first-order valence-electron chi connectivity index (χ1n) is 9.19. The predicted molar refractivity (Wildman–Crippen MR) is 109 cm³/mol. The molecule has 3 N–H and O–H groups in total. The van der Waals surface area contributed by atoms with Crippen LogP contribution in [-0.2, 0) is 4.79 Å². The van der Waals surface area contributed by atoms with Gasteiger partial charge in [-0.3, -0.25) is 4.79 Å². The summed E-state index contributed by atoms with van der Waals surface area (Å²) < 4.78 is 0. The second kappa shape index (κ2) is 11.8. The summed E-state index contributed by atoms with van der Waals surface area (Å²) in [6, 6.07) is 9.87. The van der Waals surface area contributed by atoms with E-state index in [1.165, 1.54) is 0 Å². The minimum absolute atomic E-state index is 0. The number of carbonyl (C=O) groups excluding carboxylic acids is 1. The van der Waals surface area contributed by atoms with Crippen molar-refractivity contribution in [1.29, 1.82) is 0 Å². The number of rotatable bonds is 6. The molecule has 26 heavy (non-hydrogen) atoms. The van der Waals surface area contributed by atoms with Crippen LogP contribution in [0.4, 0.5) is 0 Å². The zero-order valence-electron chi connectivity index (χ0n) is 15.1. The van der Waals surface area contributed by atoms with Gasteiger partial charge in [-0.05, 0) is 56.8 Å². The van der Waals surface area contributed by atoms with Crippen LogP contribution in [-0.4, -0.2) is 54.7 Å². The smallest absolute Gasteiger partial charge is 0.237 e. The molecule has 0 spiro atoms. The van der Waals surface area contributed by atoms with Crippen molar-refractivity contribution in [2.45, 2.75) is 37.8 Å². The van der Waals surface area contributed by atoms with Crippen molar-refractivity contribution in [3.63, 3.8) is 0 Å². The summed E-state index contributed by atoms with van der Waals surface area (Å²) in [5.41, 5.74) is 0.982. The summed E-state index contributed by atoms with van der Waals surface area (Å²) in [5, 5.41) is 16.7. The molecule has 1 aromatic rings. The molecule has 7 heteroatoms. The maximum Gasteiger partial charge on any atom is 0.237 e. The van der Waals surface area contributed by atoms with Crippen LogP contribution in [0.3, 0.4) is 0 Å². The van der Waals surface area contributed by atoms with E-state index in [1.807, 2.05) is 30.3 Å². The third-order valence-corrected chi connectivity index (χ3v) is 5.26. The number of carbonyl (C=O) groups is 1. The lowest BCUT2D eigenvalue weighted by Crippen LogP contribution is -2.44. The number of piperidine rings is 1. The Hall–Kier alpha value is -0.850. The molecule has 0 radical (unpaired) electrons. The van der Waals surface area contributed by atoms with Crippen LogP contribution >= 0.6 is 24.8 Å². The zero-order valence-corrected chi connectivity index (χ0v) is 16.7. The molecule has 1 unspecified atom stereocenters. The molecule has 0 saturated carbocycles. The lowest BCUT2D eigenvalue weighted by atomic mass is 9.96. The van der Waals surface area contributed by atoms with Crippen molar-refractivity contribution < 1.29 is 9.90 Å². The van der Waals surface area contributed by atoms with Gasteiger partial charge in [0.05, 0.1) is 12.1 Å². The van der Waals surface area contributed by atoms with Gasteiger partial charge >= 0.3 is 0 Å². The number of aliphatic hydroxyl groups excluding tert-OH is 1. The van der Waals surface area contributed by atoms with Crippen LogP contribution in [0.2, 0.25) is 0 Å². The number of benzene rings is 1. The minimum Gasteiger partial charge on any atom is -0.387 e. The van der Waals surface area contributed by atoms with Crippen molar-refractivity contribution in [2.75, 3.05) is 32.7 Å². The van der Waals surface area contributed by atoms with Crippen molar-refractivity contribution >= 4 is 30.7 Å². The van der Waals surface area contributed by atoms with Crippen molar-refractivity contribution in [2.24, 2.45) is 5.92 Å². The van der Waals surface area contributed by atoms with Gasteiger partial charge in [0, 0.05) is 13.1 Å². The van der Waals surface area contributed by atoms with Gasteiger partial charge in [0.2, 0.25) is 5.91 Å². The van der Waals surface area contributed by atoms with E-state index < -0.39 is 6.10 Å². The molecular weight excluding hydrogens is 373 g/mol. The van der Waals surface area contributed by atoms with E-state index in [9.17, 15) is 9.90 Å². The fourth-order valence-corrected chi connectivity index (χ4v) is 3.67. The zero-order chi connectivity index (χ0) is 16.8. The van der Waals surface area contributed by atoms with E-state index in [4.69, 9.17) is 0 Å². The number of nitrogens with zero attached hydrogens (tertiary/aromatic N) is 1. The first-order chi connectivity index (χ1) is 11.7. The lowest BCUT2D eigenvalue weighted by molar-refractivity contribution is -0.123. The van der Waals surface area contributed by atoms with E-state index in [2.05, 4.69) is 15.5 Å². The predicted octanol–water partition coefficient (Wildman–Crippen LogP) is 2.14. The molecule has 0 aromatic heterocycles. The highest BCUT2D eigenvalue weighted by molar-refractivity contribution is 5.85. The molecule has 5 nitrogen and oxygen atoms in total. The van der Waals surface area contributed by atoms with Gasteiger partial charge in [-0.25, -0.2) is 0 Å². The fourth-order valence-electron chi connectivity index (χ4n) is 3.67. The standard InChI is InChI=1S/C19H29N3O2.2ClH/c23-18(16-5-2-1-3-6-16)14-22-11-8-15(9-12-22)13-21-19(24)17-7-4-10-20-17;;/h1-3,5-6,15,17-18,20,23H,4,7-14H2,(H,21,24);2*1H/t17-,18?;;/m0../s1. The van der Waals surface area contributed by atoms with Crippen molar-refractivity contribution in [1.82, 2.24) is 15.5 Å². The van der Waals surface area contributed by atoms with Crippen LogP contribution in [0.25, 0.3) is 0 Å². The Morgan fingerprint density at radius 1 is 1.19 bits per heavy atom.